The Hall–Kier alpha value is -2.99. The van der Waals surface area contributed by atoms with Gasteiger partial charge in [0, 0.05) is 18.8 Å². The van der Waals surface area contributed by atoms with E-state index in [-0.39, 0.29) is 0 Å². The van der Waals surface area contributed by atoms with Crippen molar-refractivity contribution in [1.82, 2.24) is 4.98 Å². The quantitative estimate of drug-likeness (QED) is 0.0778. The molecule has 0 aliphatic heterocycles. The molecule has 0 N–H and O–H groups in total. The number of nitrogens with zero attached hydrogens (tertiary/aromatic N) is 6. The highest BCUT2D eigenvalue weighted by Crippen LogP contribution is 2.39. The van der Waals surface area contributed by atoms with E-state index >= 15 is 0 Å². The minimum Gasteiger partial charge on any atom is -0.491 e. The molecule has 212 valence electrons. The molecule has 0 bridgehead atoms. The van der Waals surface area contributed by atoms with Crippen LogP contribution in [0.4, 0.5) is 27.2 Å². The normalized spacial score (nSPS) is 12.2. The molecule has 2 aromatic heterocycles. The molecule has 0 amide bonds. The maximum Gasteiger partial charge on any atom is 0.231 e. The standard InChI is InChI=1S/C29H38N6O2S2Si/c1-6-35(7-2)24-15-11-22(12-16-24)32-34-29-30-28-26(38-29)21-27(39-28)33-31-23-13-17-25(18-14-23)36-19-20-37-40(8-3,9-4)10-5/h11-18,21H,6-10,19-20H2,1-5H3. The third-order valence-electron chi connectivity index (χ3n) is 7.09. The number of aromatic nitrogens is 1. The number of hydrogen-bond donors (Lipinski definition) is 0. The topological polar surface area (TPSA) is 84.0 Å². The zero-order chi connectivity index (χ0) is 28.4. The Morgan fingerprint density at radius 3 is 1.98 bits per heavy atom. The summed E-state index contributed by atoms with van der Waals surface area (Å²) < 4.78 is 13.1. The summed E-state index contributed by atoms with van der Waals surface area (Å²) in [5.41, 5.74) is 2.76. The van der Waals surface area contributed by atoms with Crippen molar-refractivity contribution in [1.29, 1.82) is 0 Å². The molecule has 0 aliphatic carbocycles. The van der Waals surface area contributed by atoms with E-state index in [9.17, 15) is 0 Å². The second-order valence-corrected chi connectivity index (χ2v) is 16.1. The molecule has 11 heteroatoms. The van der Waals surface area contributed by atoms with Crippen LogP contribution in [0.5, 0.6) is 5.75 Å². The van der Waals surface area contributed by atoms with Crippen LogP contribution in [-0.4, -0.2) is 39.6 Å². The number of azo groups is 2. The van der Waals surface area contributed by atoms with Gasteiger partial charge in [0.05, 0.1) is 22.7 Å². The van der Waals surface area contributed by atoms with Gasteiger partial charge in [-0.15, -0.1) is 20.5 Å². The van der Waals surface area contributed by atoms with Crippen molar-refractivity contribution in [2.45, 2.75) is 52.8 Å². The Labute approximate surface area is 245 Å². The summed E-state index contributed by atoms with van der Waals surface area (Å²) in [6, 6.07) is 21.2. The largest absolute Gasteiger partial charge is 0.491 e. The van der Waals surface area contributed by atoms with Gasteiger partial charge in [-0.05, 0) is 86.6 Å². The number of rotatable bonds is 15. The lowest BCUT2D eigenvalue weighted by Crippen LogP contribution is -2.37. The SMILES string of the molecule is CCN(CC)c1ccc(N=Nc2nc3sc(N=Nc4ccc(OCCO[Si](CC)(CC)CC)cc4)cc3s2)cc1. The first kappa shape index (κ1) is 30.0. The van der Waals surface area contributed by atoms with E-state index in [0.29, 0.717) is 18.3 Å². The summed E-state index contributed by atoms with van der Waals surface area (Å²) in [5.74, 6) is 0.807. The lowest BCUT2D eigenvalue weighted by molar-refractivity contribution is 0.207. The number of thiophene rings is 1. The second-order valence-electron chi connectivity index (χ2n) is 9.27. The third kappa shape index (κ3) is 7.81. The zero-order valence-electron chi connectivity index (χ0n) is 24.0. The van der Waals surface area contributed by atoms with Gasteiger partial charge >= 0.3 is 0 Å². The number of benzene rings is 2. The highest BCUT2D eigenvalue weighted by molar-refractivity contribution is 7.30. The molecule has 0 atom stereocenters. The predicted molar refractivity (Wildman–Crippen MR) is 171 cm³/mol. The van der Waals surface area contributed by atoms with Crippen molar-refractivity contribution in [2.75, 3.05) is 31.2 Å². The van der Waals surface area contributed by atoms with Crippen molar-refractivity contribution in [3.8, 4) is 5.75 Å². The van der Waals surface area contributed by atoms with Gasteiger partial charge in [-0.1, -0.05) is 43.4 Å². The molecular formula is C29H38N6O2S2Si. The molecule has 2 aromatic carbocycles. The summed E-state index contributed by atoms with van der Waals surface area (Å²) in [7, 11) is -1.57. The molecular weight excluding hydrogens is 557 g/mol. The van der Waals surface area contributed by atoms with Crippen molar-refractivity contribution in [3.63, 3.8) is 0 Å². The monoisotopic (exact) mass is 594 g/mol. The van der Waals surface area contributed by atoms with Crippen LogP contribution in [0.1, 0.15) is 34.6 Å². The van der Waals surface area contributed by atoms with Gasteiger partial charge in [0.15, 0.2) is 8.32 Å². The first-order valence-electron chi connectivity index (χ1n) is 14.0. The van der Waals surface area contributed by atoms with Crippen LogP contribution in [0.2, 0.25) is 18.1 Å². The van der Waals surface area contributed by atoms with E-state index in [1.54, 1.807) is 0 Å². The van der Waals surface area contributed by atoms with Crippen molar-refractivity contribution < 1.29 is 9.16 Å². The average molecular weight is 595 g/mol. The Bertz CT molecular complexity index is 1350. The maximum absolute atomic E-state index is 6.25. The van der Waals surface area contributed by atoms with Crippen LogP contribution in [-0.2, 0) is 4.43 Å². The van der Waals surface area contributed by atoms with Crippen molar-refractivity contribution >= 4 is 67.7 Å². The van der Waals surface area contributed by atoms with E-state index in [4.69, 9.17) is 9.16 Å². The molecule has 40 heavy (non-hydrogen) atoms. The van der Waals surface area contributed by atoms with Crippen LogP contribution in [0.15, 0.2) is 75.1 Å². The van der Waals surface area contributed by atoms with Crippen LogP contribution < -0.4 is 9.64 Å². The molecule has 4 aromatic rings. The highest BCUT2D eigenvalue weighted by Gasteiger charge is 2.28. The average Bonchev–Trinajstić information content (AvgIpc) is 3.56. The zero-order valence-corrected chi connectivity index (χ0v) is 26.6. The van der Waals surface area contributed by atoms with E-state index in [1.807, 2.05) is 42.5 Å². The molecule has 8 nitrogen and oxygen atoms in total. The lowest BCUT2D eigenvalue weighted by atomic mass is 10.2. The van der Waals surface area contributed by atoms with Gasteiger partial charge in [-0.3, -0.25) is 0 Å². The summed E-state index contributed by atoms with van der Waals surface area (Å²) >= 11 is 2.99. The molecule has 0 saturated carbocycles. The molecule has 0 saturated heterocycles. The summed E-state index contributed by atoms with van der Waals surface area (Å²) in [4.78, 5) is 7.78. The lowest BCUT2D eigenvalue weighted by Gasteiger charge is -2.27. The van der Waals surface area contributed by atoms with Gasteiger partial charge in [0.1, 0.15) is 22.2 Å². The Morgan fingerprint density at radius 1 is 0.750 bits per heavy atom. The Balaban J connectivity index is 1.29. The molecule has 0 unspecified atom stereocenters. The van der Waals surface area contributed by atoms with Crippen molar-refractivity contribution in [3.05, 3.63) is 54.6 Å². The van der Waals surface area contributed by atoms with Gasteiger partial charge < -0.3 is 14.1 Å². The van der Waals surface area contributed by atoms with E-state index in [1.165, 1.54) is 28.4 Å². The van der Waals surface area contributed by atoms with Crippen LogP contribution in [0, 0.1) is 0 Å². The van der Waals surface area contributed by atoms with E-state index in [2.05, 4.69) is 77.1 Å². The molecule has 4 rings (SSSR count). The van der Waals surface area contributed by atoms with Gasteiger partial charge in [0.25, 0.3) is 0 Å². The number of fused-ring (bicyclic) bond motifs is 1. The number of hydrogen-bond acceptors (Lipinski definition) is 10. The highest BCUT2D eigenvalue weighted by atomic mass is 32.1. The van der Waals surface area contributed by atoms with Crippen LogP contribution in [0.3, 0.4) is 0 Å². The molecule has 0 spiro atoms. The smallest absolute Gasteiger partial charge is 0.231 e. The summed E-state index contributed by atoms with van der Waals surface area (Å²) in [6.45, 7) is 14.2. The van der Waals surface area contributed by atoms with E-state index < -0.39 is 8.32 Å². The van der Waals surface area contributed by atoms with Gasteiger partial charge in [0.2, 0.25) is 5.13 Å². The minimum atomic E-state index is -1.57. The van der Waals surface area contributed by atoms with Crippen LogP contribution >= 0.6 is 22.7 Å². The van der Waals surface area contributed by atoms with Gasteiger partial charge in [-0.2, -0.15) is 0 Å². The number of thiazole rings is 1. The predicted octanol–water partition coefficient (Wildman–Crippen LogP) is 10.4. The number of anilines is 1. The molecule has 2 heterocycles. The first-order chi connectivity index (χ1) is 19.5. The maximum atomic E-state index is 6.25. The molecule has 0 aliphatic rings. The first-order valence-corrected chi connectivity index (χ1v) is 18.1. The fraction of sp³-hybridized carbons (Fsp3) is 0.414. The minimum absolute atomic E-state index is 0.555. The third-order valence-corrected chi connectivity index (χ3v) is 13.7. The fourth-order valence-electron chi connectivity index (χ4n) is 4.41. The molecule has 0 fully saturated rings. The fourth-order valence-corrected chi connectivity index (χ4v) is 8.89. The van der Waals surface area contributed by atoms with Gasteiger partial charge in [-0.25, -0.2) is 4.98 Å². The molecule has 0 radical (unpaired) electrons. The summed E-state index contributed by atoms with van der Waals surface area (Å²) in [6.07, 6.45) is 0. The summed E-state index contributed by atoms with van der Waals surface area (Å²) in [5, 5.41) is 18.9. The Morgan fingerprint density at radius 2 is 1.38 bits per heavy atom. The second kappa shape index (κ2) is 14.6. The Kier molecular flexibility index (Phi) is 10.9. The van der Waals surface area contributed by atoms with Crippen LogP contribution in [0.25, 0.3) is 9.53 Å². The van der Waals surface area contributed by atoms with Crippen molar-refractivity contribution in [2.24, 2.45) is 20.5 Å². The number of ether oxygens (including phenoxy) is 1. The van der Waals surface area contributed by atoms with E-state index in [0.717, 1.165) is 62.9 Å².